The Labute approximate surface area is 122 Å². The van der Waals surface area contributed by atoms with E-state index in [4.69, 9.17) is 10.5 Å². The Hall–Kier alpha value is -1.06. The normalized spacial score (nSPS) is 21.6. The van der Waals surface area contributed by atoms with E-state index in [1.807, 2.05) is 0 Å². The van der Waals surface area contributed by atoms with E-state index in [0.717, 1.165) is 39.1 Å². The van der Waals surface area contributed by atoms with Gasteiger partial charge < -0.3 is 15.4 Å². The summed E-state index contributed by atoms with van der Waals surface area (Å²) in [6, 6.07) is 6.88. The predicted molar refractivity (Wildman–Crippen MR) is 83.3 cm³/mol. The lowest BCUT2D eigenvalue weighted by atomic mass is 9.79. The molecule has 1 aromatic rings. The maximum Gasteiger partial charge on any atom is 0.0472 e. The van der Waals surface area contributed by atoms with E-state index in [2.05, 4.69) is 30.0 Å². The van der Waals surface area contributed by atoms with Crippen molar-refractivity contribution < 1.29 is 4.74 Å². The van der Waals surface area contributed by atoms with Gasteiger partial charge in [0.15, 0.2) is 0 Å². The number of aryl methyl sites for hydroxylation is 2. The van der Waals surface area contributed by atoms with Crippen LogP contribution in [0.5, 0.6) is 0 Å². The zero-order chi connectivity index (χ0) is 14.0. The highest BCUT2D eigenvalue weighted by Crippen LogP contribution is 2.35. The summed E-state index contributed by atoms with van der Waals surface area (Å²) in [6.07, 6.45) is 4.67. The summed E-state index contributed by atoms with van der Waals surface area (Å²) < 4.78 is 5.53. The van der Waals surface area contributed by atoms with Crippen LogP contribution in [-0.4, -0.2) is 32.8 Å². The smallest absolute Gasteiger partial charge is 0.0472 e. The molecule has 0 unspecified atom stereocenters. The summed E-state index contributed by atoms with van der Waals surface area (Å²) in [6.45, 7) is 6.94. The molecule has 0 aromatic heterocycles. The third-order valence-electron chi connectivity index (χ3n) is 4.96. The van der Waals surface area contributed by atoms with E-state index in [1.165, 1.54) is 36.2 Å². The molecule has 1 aromatic carbocycles. The number of nitrogens with zero attached hydrogens (tertiary/aromatic N) is 1. The molecular formula is C17H26N2O. The number of rotatable bonds is 3. The first-order valence-electron chi connectivity index (χ1n) is 7.85. The quantitative estimate of drug-likeness (QED) is 0.920. The highest BCUT2D eigenvalue weighted by Gasteiger charge is 2.34. The van der Waals surface area contributed by atoms with Gasteiger partial charge in [0.1, 0.15) is 0 Å². The monoisotopic (exact) mass is 274 g/mol. The van der Waals surface area contributed by atoms with Crippen LogP contribution in [0.15, 0.2) is 18.2 Å². The van der Waals surface area contributed by atoms with Gasteiger partial charge in [-0.1, -0.05) is 17.7 Å². The Morgan fingerprint density at radius 3 is 2.85 bits per heavy atom. The number of fused-ring (bicyclic) bond motifs is 1. The van der Waals surface area contributed by atoms with Crippen LogP contribution in [0, 0.1) is 12.3 Å². The molecule has 0 bridgehead atoms. The van der Waals surface area contributed by atoms with Crippen molar-refractivity contribution in [2.45, 2.75) is 32.6 Å². The molecule has 0 aliphatic carbocycles. The van der Waals surface area contributed by atoms with Crippen molar-refractivity contribution in [3.63, 3.8) is 0 Å². The highest BCUT2D eigenvalue weighted by molar-refractivity contribution is 5.57. The fourth-order valence-electron chi connectivity index (χ4n) is 3.60. The first-order chi connectivity index (χ1) is 9.72. The third kappa shape index (κ3) is 2.70. The van der Waals surface area contributed by atoms with Crippen molar-refractivity contribution >= 4 is 5.69 Å². The molecule has 1 fully saturated rings. The Morgan fingerprint density at radius 2 is 2.10 bits per heavy atom. The number of nitrogens with two attached hydrogens (primary N) is 1. The van der Waals surface area contributed by atoms with Crippen LogP contribution in [0.4, 0.5) is 5.69 Å². The molecule has 2 aliphatic rings. The van der Waals surface area contributed by atoms with Crippen LogP contribution in [0.2, 0.25) is 0 Å². The Morgan fingerprint density at radius 1 is 1.30 bits per heavy atom. The maximum absolute atomic E-state index is 6.12. The lowest BCUT2D eigenvalue weighted by Gasteiger charge is -2.43. The lowest BCUT2D eigenvalue weighted by molar-refractivity contribution is 0.0223. The van der Waals surface area contributed by atoms with Gasteiger partial charge in [0.25, 0.3) is 0 Å². The Balaban J connectivity index is 1.81. The minimum absolute atomic E-state index is 0.248. The summed E-state index contributed by atoms with van der Waals surface area (Å²) in [5.74, 6) is 0. The van der Waals surface area contributed by atoms with E-state index in [-0.39, 0.29) is 5.41 Å². The molecule has 110 valence electrons. The Bertz CT molecular complexity index is 466. The fraction of sp³-hybridized carbons (Fsp3) is 0.647. The molecule has 1 saturated heterocycles. The molecule has 0 radical (unpaired) electrons. The summed E-state index contributed by atoms with van der Waals surface area (Å²) in [4.78, 5) is 2.57. The maximum atomic E-state index is 6.12. The van der Waals surface area contributed by atoms with Crippen molar-refractivity contribution in [1.82, 2.24) is 0 Å². The number of anilines is 1. The first-order valence-corrected chi connectivity index (χ1v) is 7.85. The van der Waals surface area contributed by atoms with Crippen LogP contribution in [0.1, 0.15) is 30.4 Å². The van der Waals surface area contributed by atoms with E-state index < -0.39 is 0 Å². The highest BCUT2D eigenvalue weighted by atomic mass is 16.5. The molecule has 2 aliphatic heterocycles. The molecule has 2 heterocycles. The van der Waals surface area contributed by atoms with Crippen LogP contribution in [0.25, 0.3) is 0 Å². The van der Waals surface area contributed by atoms with Crippen LogP contribution >= 0.6 is 0 Å². The first kappa shape index (κ1) is 13.9. The SMILES string of the molecule is Cc1ccc2c(c1)CCCN2CC1(CN)CCOCC1. The van der Waals surface area contributed by atoms with Crippen LogP contribution in [0.3, 0.4) is 0 Å². The predicted octanol–water partition coefficient (Wildman–Crippen LogP) is 2.50. The summed E-state index contributed by atoms with van der Waals surface area (Å²) in [5.41, 5.74) is 10.7. The minimum atomic E-state index is 0.248. The van der Waals surface area contributed by atoms with E-state index >= 15 is 0 Å². The molecule has 3 nitrogen and oxygen atoms in total. The summed E-state index contributed by atoms with van der Waals surface area (Å²) in [7, 11) is 0. The Kier molecular flexibility index (Phi) is 3.99. The van der Waals surface area contributed by atoms with Crippen molar-refractivity contribution in [3.05, 3.63) is 29.3 Å². The van der Waals surface area contributed by atoms with Crippen molar-refractivity contribution in [1.29, 1.82) is 0 Å². The number of benzene rings is 1. The number of hydrogen-bond donors (Lipinski definition) is 1. The van der Waals surface area contributed by atoms with Crippen LogP contribution in [-0.2, 0) is 11.2 Å². The van der Waals surface area contributed by atoms with Crippen LogP contribution < -0.4 is 10.6 Å². The van der Waals surface area contributed by atoms with Gasteiger partial charge in [0.05, 0.1) is 0 Å². The van der Waals surface area contributed by atoms with Gasteiger partial charge in [0.2, 0.25) is 0 Å². The van der Waals surface area contributed by atoms with E-state index in [0.29, 0.717) is 0 Å². The summed E-state index contributed by atoms with van der Waals surface area (Å²) in [5, 5.41) is 0. The number of hydrogen-bond acceptors (Lipinski definition) is 3. The number of ether oxygens (including phenoxy) is 1. The molecule has 20 heavy (non-hydrogen) atoms. The minimum Gasteiger partial charge on any atom is -0.381 e. The van der Waals surface area contributed by atoms with Gasteiger partial charge in [-0.2, -0.15) is 0 Å². The van der Waals surface area contributed by atoms with Gasteiger partial charge in [-0.25, -0.2) is 0 Å². The fourth-order valence-corrected chi connectivity index (χ4v) is 3.60. The second-order valence-corrected chi connectivity index (χ2v) is 6.47. The lowest BCUT2D eigenvalue weighted by Crippen LogP contribution is -2.47. The topological polar surface area (TPSA) is 38.5 Å². The average Bonchev–Trinajstić information content (AvgIpc) is 2.48. The van der Waals surface area contributed by atoms with E-state index in [9.17, 15) is 0 Å². The zero-order valence-corrected chi connectivity index (χ0v) is 12.5. The third-order valence-corrected chi connectivity index (χ3v) is 4.96. The zero-order valence-electron chi connectivity index (χ0n) is 12.5. The average molecular weight is 274 g/mol. The molecule has 0 spiro atoms. The molecule has 3 heteroatoms. The van der Waals surface area contributed by atoms with E-state index in [1.54, 1.807) is 0 Å². The molecule has 2 N–H and O–H groups in total. The standard InChI is InChI=1S/C17H26N2O/c1-14-4-5-16-15(11-14)3-2-8-19(16)13-17(12-18)6-9-20-10-7-17/h4-5,11H,2-3,6-10,12-13,18H2,1H3. The van der Waals surface area contributed by atoms with Crippen molar-refractivity contribution in [2.24, 2.45) is 11.1 Å². The summed E-state index contributed by atoms with van der Waals surface area (Å²) >= 11 is 0. The molecular weight excluding hydrogens is 248 g/mol. The second-order valence-electron chi connectivity index (χ2n) is 6.47. The molecule has 0 atom stereocenters. The molecule has 3 rings (SSSR count). The largest absolute Gasteiger partial charge is 0.381 e. The molecule has 0 saturated carbocycles. The molecule has 0 amide bonds. The van der Waals surface area contributed by atoms with Crippen molar-refractivity contribution in [3.8, 4) is 0 Å². The van der Waals surface area contributed by atoms with Crippen molar-refractivity contribution in [2.75, 3.05) is 37.7 Å². The van der Waals surface area contributed by atoms with Gasteiger partial charge in [0, 0.05) is 37.4 Å². The van der Waals surface area contributed by atoms with Gasteiger partial charge in [-0.05, 0) is 50.8 Å². The van der Waals surface area contributed by atoms with Gasteiger partial charge in [-0.15, -0.1) is 0 Å². The second kappa shape index (κ2) is 5.74. The van der Waals surface area contributed by atoms with Gasteiger partial charge in [-0.3, -0.25) is 0 Å². The van der Waals surface area contributed by atoms with Gasteiger partial charge >= 0.3 is 0 Å².